The van der Waals surface area contributed by atoms with E-state index in [-0.39, 0.29) is 10.6 Å². The number of rotatable bonds is 9. The summed E-state index contributed by atoms with van der Waals surface area (Å²) in [5.41, 5.74) is 2.13. The maximum Gasteiger partial charge on any atom is 0.264 e. The van der Waals surface area contributed by atoms with Crippen LogP contribution in [0.4, 0.5) is 5.69 Å². The summed E-state index contributed by atoms with van der Waals surface area (Å²) in [5.74, 6) is 1.47. The van der Waals surface area contributed by atoms with Gasteiger partial charge >= 0.3 is 0 Å². The highest BCUT2D eigenvalue weighted by Crippen LogP contribution is 2.34. The number of methoxy groups -OCH3 is 2. The average molecular weight is 527 g/mol. The zero-order valence-corrected chi connectivity index (χ0v) is 22.0. The number of benzene rings is 3. The molecule has 0 unspecified atom stereocenters. The normalized spacial score (nSPS) is 13.4. The summed E-state index contributed by atoms with van der Waals surface area (Å²) in [5, 5.41) is 2.89. The van der Waals surface area contributed by atoms with Crippen molar-refractivity contribution in [1.82, 2.24) is 5.32 Å². The first-order valence-corrected chi connectivity index (χ1v) is 13.2. The molecular weight excluding hydrogens is 496 g/mol. The predicted molar refractivity (Wildman–Crippen MR) is 139 cm³/mol. The van der Waals surface area contributed by atoms with Crippen molar-refractivity contribution in [3.63, 3.8) is 0 Å². The molecule has 1 aliphatic heterocycles. The Morgan fingerprint density at radius 3 is 2.30 bits per heavy atom. The number of hydrogen-bond donors (Lipinski definition) is 1. The number of nitrogens with one attached hydrogen (secondary N) is 1. The van der Waals surface area contributed by atoms with E-state index in [1.165, 1.54) is 32.4 Å². The Bertz CT molecular complexity index is 1370. The molecule has 0 radical (unpaired) electrons. The molecule has 10 heteroatoms. The third-order valence-electron chi connectivity index (χ3n) is 6.00. The van der Waals surface area contributed by atoms with E-state index in [0.29, 0.717) is 36.1 Å². The van der Waals surface area contributed by atoms with Crippen molar-refractivity contribution in [1.29, 1.82) is 0 Å². The van der Waals surface area contributed by atoms with Gasteiger partial charge in [-0.3, -0.25) is 9.10 Å². The fourth-order valence-corrected chi connectivity index (χ4v) is 5.40. The van der Waals surface area contributed by atoms with Crippen LogP contribution in [0, 0.1) is 6.92 Å². The first-order valence-electron chi connectivity index (χ1n) is 11.7. The van der Waals surface area contributed by atoms with Gasteiger partial charge in [0.05, 0.1) is 30.8 Å². The molecule has 0 saturated carbocycles. The summed E-state index contributed by atoms with van der Waals surface area (Å²) in [6.45, 7) is 4.24. The number of anilines is 1. The van der Waals surface area contributed by atoms with E-state index in [1.54, 1.807) is 30.3 Å². The van der Waals surface area contributed by atoms with E-state index in [9.17, 15) is 13.2 Å². The van der Waals surface area contributed by atoms with Crippen LogP contribution >= 0.6 is 0 Å². The second-order valence-electron chi connectivity index (χ2n) is 8.56. The largest absolute Gasteiger partial charge is 0.493 e. The van der Waals surface area contributed by atoms with E-state index in [0.717, 1.165) is 15.4 Å². The van der Waals surface area contributed by atoms with Gasteiger partial charge in [0.2, 0.25) is 5.91 Å². The van der Waals surface area contributed by atoms with Crippen molar-refractivity contribution in [3.05, 3.63) is 71.8 Å². The molecule has 1 aliphatic rings. The lowest BCUT2D eigenvalue weighted by molar-refractivity contribution is -0.120. The Balaban J connectivity index is 1.60. The van der Waals surface area contributed by atoms with Crippen LogP contribution in [0.2, 0.25) is 0 Å². The van der Waals surface area contributed by atoms with Gasteiger partial charge in [-0.1, -0.05) is 23.8 Å². The van der Waals surface area contributed by atoms with Gasteiger partial charge in [-0.15, -0.1) is 0 Å². The van der Waals surface area contributed by atoms with Crippen LogP contribution in [-0.2, 0) is 14.8 Å². The Hall–Kier alpha value is -3.92. The summed E-state index contributed by atoms with van der Waals surface area (Å²) in [7, 11) is -1.23. The van der Waals surface area contributed by atoms with Crippen LogP contribution in [0.5, 0.6) is 23.0 Å². The number of amides is 1. The number of aryl methyl sites for hydroxylation is 1. The van der Waals surface area contributed by atoms with E-state index in [1.807, 2.05) is 26.0 Å². The lowest BCUT2D eigenvalue weighted by atomic mass is 10.1. The number of carbonyl (C=O) groups excluding carboxylic acids is 1. The molecule has 0 aromatic heterocycles. The third-order valence-corrected chi connectivity index (χ3v) is 7.77. The maximum atomic E-state index is 13.8. The van der Waals surface area contributed by atoms with Crippen LogP contribution < -0.4 is 28.6 Å². The smallest absolute Gasteiger partial charge is 0.264 e. The quantitative estimate of drug-likeness (QED) is 0.452. The van der Waals surface area contributed by atoms with Crippen LogP contribution in [0.3, 0.4) is 0 Å². The second kappa shape index (κ2) is 11.0. The highest BCUT2D eigenvalue weighted by atomic mass is 32.2. The minimum Gasteiger partial charge on any atom is -0.493 e. The number of nitrogens with zero attached hydrogens (tertiary/aromatic N) is 1. The zero-order valence-electron chi connectivity index (χ0n) is 21.2. The number of sulfonamides is 1. The Morgan fingerprint density at radius 2 is 1.62 bits per heavy atom. The van der Waals surface area contributed by atoms with Crippen molar-refractivity contribution >= 4 is 21.6 Å². The molecule has 9 nitrogen and oxygen atoms in total. The average Bonchev–Trinajstić information content (AvgIpc) is 2.91. The molecule has 196 valence electrons. The minimum atomic E-state index is -4.13. The van der Waals surface area contributed by atoms with Gasteiger partial charge < -0.3 is 24.3 Å². The van der Waals surface area contributed by atoms with Gasteiger partial charge in [-0.25, -0.2) is 8.42 Å². The molecular formula is C27H30N2O7S. The van der Waals surface area contributed by atoms with Gasteiger partial charge in [0, 0.05) is 6.07 Å². The molecule has 3 aromatic carbocycles. The Morgan fingerprint density at radius 1 is 0.946 bits per heavy atom. The fraction of sp³-hybridized carbons (Fsp3) is 0.296. The van der Waals surface area contributed by atoms with Gasteiger partial charge in [-0.2, -0.15) is 0 Å². The molecule has 1 atom stereocenters. The molecule has 1 heterocycles. The van der Waals surface area contributed by atoms with E-state index >= 15 is 0 Å². The van der Waals surface area contributed by atoms with Gasteiger partial charge in [0.15, 0.2) is 23.0 Å². The van der Waals surface area contributed by atoms with Gasteiger partial charge in [0.1, 0.15) is 19.8 Å². The lowest BCUT2D eigenvalue weighted by Gasteiger charge is -2.26. The number of fused-ring (bicyclic) bond motifs is 1. The highest BCUT2D eigenvalue weighted by Gasteiger charge is 2.29. The monoisotopic (exact) mass is 526 g/mol. The topological polar surface area (TPSA) is 103 Å². The van der Waals surface area contributed by atoms with E-state index in [4.69, 9.17) is 18.9 Å². The second-order valence-corrected chi connectivity index (χ2v) is 10.4. The van der Waals surface area contributed by atoms with Crippen molar-refractivity contribution in [2.45, 2.75) is 24.8 Å². The summed E-state index contributed by atoms with van der Waals surface area (Å²) < 4.78 is 50.3. The first-order chi connectivity index (χ1) is 17.7. The number of hydrogen-bond acceptors (Lipinski definition) is 7. The highest BCUT2D eigenvalue weighted by molar-refractivity contribution is 7.92. The van der Waals surface area contributed by atoms with Crippen molar-refractivity contribution in [2.24, 2.45) is 0 Å². The summed E-state index contributed by atoms with van der Waals surface area (Å²) in [6.07, 6.45) is 0. The fourth-order valence-electron chi connectivity index (χ4n) is 3.96. The predicted octanol–water partition coefficient (Wildman–Crippen LogP) is 3.86. The molecule has 1 amide bonds. The first kappa shape index (κ1) is 26.2. The third kappa shape index (κ3) is 5.75. The molecule has 37 heavy (non-hydrogen) atoms. The van der Waals surface area contributed by atoms with E-state index in [2.05, 4.69) is 5.32 Å². The summed E-state index contributed by atoms with van der Waals surface area (Å²) >= 11 is 0. The van der Waals surface area contributed by atoms with Gasteiger partial charge in [-0.05, 0) is 55.8 Å². The summed E-state index contributed by atoms with van der Waals surface area (Å²) in [4.78, 5) is 13.1. The molecule has 3 aromatic rings. The van der Waals surface area contributed by atoms with Crippen LogP contribution in [0.25, 0.3) is 0 Å². The lowest BCUT2D eigenvalue weighted by Crippen LogP contribution is -2.41. The van der Waals surface area contributed by atoms with E-state index < -0.39 is 28.5 Å². The van der Waals surface area contributed by atoms with Crippen LogP contribution in [0.1, 0.15) is 24.1 Å². The SMILES string of the molecule is COc1ccc(S(=O)(=O)N(CC(=O)N[C@H](C)c2ccc3c(c2)OCCO3)c2ccc(C)cc2)cc1OC. The summed E-state index contributed by atoms with van der Waals surface area (Å²) in [6, 6.07) is 16.3. The maximum absolute atomic E-state index is 13.8. The standard InChI is InChI=1S/C27H30N2O7S/c1-18-5-8-21(9-6-18)29(37(31,32)22-10-12-23(33-3)25(16-22)34-4)17-27(30)28-19(2)20-7-11-24-26(15-20)36-14-13-35-24/h5-12,15-16,19H,13-14,17H2,1-4H3,(H,28,30)/t19-/m1/s1. The van der Waals surface area contributed by atoms with Crippen molar-refractivity contribution in [3.8, 4) is 23.0 Å². The molecule has 0 aliphatic carbocycles. The van der Waals surface area contributed by atoms with Gasteiger partial charge in [0.25, 0.3) is 10.0 Å². The minimum absolute atomic E-state index is 0.0293. The van der Waals surface area contributed by atoms with Crippen molar-refractivity contribution < 1.29 is 32.2 Å². The molecule has 0 spiro atoms. The van der Waals surface area contributed by atoms with Crippen molar-refractivity contribution in [2.75, 3.05) is 38.3 Å². The number of carbonyl (C=O) groups is 1. The van der Waals surface area contributed by atoms with Crippen LogP contribution in [-0.4, -0.2) is 48.3 Å². The van der Waals surface area contributed by atoms with Crippen LogP contribution in [0.15, 0.2) is 65.6 Å². The molecule has 0 saturated heterocycles. The molecule has 1 N–H and O–H groups in total. The zero-order chi connectivity index (χ0) is 26.6. The Kier molecular flexibility index (Phi) is 7.77. The Labute approximate surface area is 217 Å². The molecule has 4 rings (SSSR count). The molecule has 0 bridgehead atoms. The number of ether oxygens (including phenoxy) is 4. The molecule has 0 fully saturated rings.